The summed E-state index contributed by atoms with van der Waals surface area (Å²) in [5, 5.41) is 0. The predicted octanol–water partition coefficient (Wildman–Crippen LogP) is 4.84. The van der Waals surface area contributed by atoms with Crippen LogP contribution in [0, 0.1) is 0 Å². The first kappa shape index (κ1) is 15.7. The summed E-state index contributed by atoms with van der Waals surface area (Å²) in [5.41, 5.74) is -5.31. The zero-order valence-corrected chi connectivity index (χ0v) is 11.6. The number of rotatable bonds is 4. The highest BCUT2D eigenvalue weighted by atomic mass is 35.7. The average molecular weight is 323 g/mol. The largest absolute Gasteiger partial charge is 0.327 e. The first-order valence-corrected chi connectivity index (χ1v) is 9.36. The maximum Gasteiger partial charge on any atom is 0.327 e. The molecule has 0 heterocycles. The molecule has 0 saturated heterocycles. The van der Waals surface area contributed by atoms with Crippen LogP contribution in [0.5, 0.6) is 0 Å². The summed E-state index contributed by atoms with van der Waals surface area (Å²) in [7, 11) is 0. The molecule has 1 unspecified atom stereocenters. The second kappa shape index (κ2) is 4.98. The highest BCUT2D eigenvalue weighted by Crippen LogP contribution is 2.47. The van der Waals surface area contributed by atoms with E-state index >= 15 is 0 Å². The van der Waals surface area contributed by atoms with Crippen LogP contribution in [-0.2, 0) is 5.92 Å². The van der Waals surface area contributed by atoms with Gasteiger partial charge in [0.2, 0.25) is 6.17 Å². The Morgan fingerprint density at radius 2 is 1.50 bits per heavy atom. The van der Waals surface area contributed by atoms with Gasteiger partial charge in [0.15, 0.2) is 0 Å². The van der Waals surface area contributed by atoms with Crippen LogP contribution in [0.15, 0.2) is 30.3 Å². The molecule has 0 aromatic heterocycles. The Bertz CT molecular complexity index is 404. The van der Waals surface area contributed by atoms with Crippen LogP contribution in [0.1, 0.15) is 5.56 Å². The molecule has 1 atom stereocenters. The molecule has 0 nitrogen and oxygen atoms in total. The van der Waals surface area contributed by atoms with Crippen molar-refractivity contribution in [1.29, 1.82) is 0 Å². The molecule has 1 aromatic carbocycles. The van der Waals surface area contributed by atoms with E-state index in [1.54, 1.807) is 0 Å². The van der Waals surface area contributed by atoms with Gasteiger partial charge in [-0.2, -0.15) is 8.78 Å². The minimum absolute atomic E-state index is 0.698. The Morgan fingerprint density at radius 3 is 1.89 bits per heavy atom. The van der Waals surface area contributed by atoms with E-state index < -0.39 is 29.9 Å². The van der Waals surface area contributed by atoms with E-state index in [4.69, 9.17) is 22.2 Å². The summed E-state index contributed by atoms with van der Waals surface area (Å²) in [6.45, 7) is -3.74. The van der Waals surface area contributed by atoms with Crippen LogP contribution in [-0.4, -0.2) is 18.4 Å². The third-order valence-corrected chi connectivity index (χ3v) is 5.32. The van der Waals surface area contributed by atoms with E-state index in [1.165, 1.54) is 18.2 Å². The summed E-state index contributed by atoms with van der Waals surface area (Å²) in [4.78, 5) is 0. The molecular formula is C10H9Cl2F5Si. The molecule has 0 radical (unpaired) electrons. The third kappa shape index (κ3) is 2.80. The van der Waals surface area contributed by atoms with Gasteiger partial charge in [0, 0.05) is 5.56 Å². The summed E-state index contributed by atoms with van der Waals surface area (Å²) in [5.74, 6) is -4.36. The standard InChI is InChI=1S/C10H9Cl2F5Si/c1-18(11,12)10(16,17)8(13)9(14,15)7-5-3-2-4-6-7/h2-6,8H,1H3. The lowest BCUT2D eigenvalue weighted by molar-refractivity contribution is -0.153. The normalized spacial score (nSPS) is 15.6. The van der Waals surface area contributed by atoms with Crippen LogP contribution >= 0.6 is 22.2 Å². The molecule has 18 heavy (non-hydrogen) atoms. The highest BCUT2D eigenvalue weighted by Gasteiger charge is 2.65. The van der Waals surface area contributed by atoms with Crippen LogP contribution in [0.25, 0.3) is 0 Å². The van der Waals surface area contributed by atoms with E-state index in [0.717, 1.165) is 12.1 Å². The molecule has 0 aliphatic rings. The van der Waals surface area contributed by atoms with Crippen LogP contribution in [0.3, 0.4) is 0 Å². The fraction of sp³-hybridized carbons (Fsp3) is 0.400. The molecule has 8 heteroatoms. The molecule has 1 rings (SSSR count). The Labute approximate surface area is 111 Å². The first-order chi connectivity index (χ1) is 8.01. The lowest BCUT2D eigenvalue weighted by Gasteiger charge is -2.31. The van der Waals surface area contributed by atoms with Crippen molar-refractivity contribution in [2.45, 2.75) is 24.2 Å². The lowest BCUT2D eigenvalue weighted by atomic mass is 10.0. The SMILES string of the molecule is C[Si](Cl)(Cl)C(F)(F)C(F)C(F)(F)c1ccccc1. The Morgan fingerprint density at radius 1 is 1.06 bits per heavy atom. The molecule has 102 valence electrons. The van der Waals surface area contributed by atoms with Crippen LogP contribution in [0.4, 0.5) is 22.0 Å². The van der Waals surface area contributed by atoms with Crippen molar-refractivity contribution in [3.8, 4) is 0 Å². The molecule has 1 aromatic rings. The van der Waals surface area contributed by atoms with Crippen molar-refractivity contribution in [2.24, 2.45) is 0 Å². The van der Waals surface area contributed by atoms with E-state index in [1.807, 2.05) is 0 Å². The fourth-order valence-corrected chi connectivity index (χ4v) is 2.46. The molecule has 0 N–H and O–H groups in total. The topological polar surface area (TPSA) is 0 Å². The average Bonchev–Trinajstić information content (AvgIpc) is 2.27. The van der Waals surface area contributed by atoms with Gasteiger partial charge in [0.05, 0.1) is 0 Å². The zero-order valence-electron chi connectivity index (χ0n) is 9.11. The first-order valence-electron chi connectivity index (χ1n) is 4.84. The molecule has 0 saturated carbocycles. The lowest BCUT2D eigenvalue weighted by Crippen LogP contribution is -2.54. The zero-order chi connectivity index (χ0) is 14.2. The van der Waals surface area contributed by atoms with Gasteiger partial charge in [0.1, 0.15) is 0 Å². The number of hydrogen-bond acceptors (Lipinski definition) is 0. The van der Waals surface area contributed by atoms with Gasteiger partial charge >= 0.3 is 12.6 Å². The van der Waals surface area contributed by atoms with Crippen molar-refractivity contribution in [3.05, 3.63) is 35.9 Å². The van der Waals surface area contributed by atoms with E-state index in [0.29, 0.717) is 6.55 Å². The molecular weight excluding hydrogens is 314 g/mol. The number of benzene rings is 1. The molecule has 0 amide bonds. The smallest absolute Gasteiger partial charge is 0.234 e. The minimum Gasteiger partial charge on any atom is -0.234 e. The van der Waals surface area contributed by atoms with Crippen molar-refractivity contribution in [2.75, 3.05) is 0 Å². The van der Waals surface area contributed by atoms with Gasteiger partial charge in [-0.15, -0.1) is 22.2 Å². The summed E-state index contributed by atoms with van der Waals surface area (Å²) >= 11 is 10.4. The second-order valence-corrected chi connectivity index (χ2v) is 11.4. The maximum atomic E-state index is 13.6. The fourth-order valence-electron chi connectivity index (χ4n) is 1.26. The summed E-state index contributed by atoms with van der Waals surface area (Å²) < 4.78 is 67.7. The van der Waals surface area contributed by atoms with Gasteiger partial charge in [-0.3, -0.25) is 0 Å². The van der Waals surface area contributed by atoms with Gasteiger partial charge in [-0.1, -0.05) is 30.3 Å². The highest BCUT2D eigenvalue weighted by molar-refractivity contribution is 7.45. The van der Waals surface area contributed by atoms with Gasteiger partial charge in [-0.25, -0.2) is 13.2 Å². The van der Waals surface area contributed by atoms with Crippen molar-refractivity contribution >= 4 is 28.9 Å². The summed E-state index contributed by atoms with van der Waals surface area (Å²) in [6.07, 6.45) is -3.76. The monoisotopic (exact) mass is 322 g/mol. The van der Waals surface area contributed by atoms with Crippen molar-refractivity contribution in [1.82, 2.24) is 0 Å². The number of hydrogen-bond donors (Lipinski definition) is 0. The summed E-state index contributed by atoms with van der Waals surface area (Å²) in [6, 6.07) is 5.54. The Balaban J connectivity index is 3.14. The Kier molecular flexibility index (Phi) is 4.35. The van der Waals surface area contributed by atoms with Crippen molar-refractivity contribution < 1.29 is 22.0 Å². The van der Waals surface area contributed by atoms with E-state index in [-0.39, 0.29) is 0 Å². The maximum absolute atomic E-state index is 13.6. The van der Waals surface area contributed by atoms with E-state index in [2.05, 4.69) is 0 Å². The molecule has 0 spiro atoms. The predicted molar refractivity (Wildman–Crippen MR) is 63.5 cm³/mol. The number of alkyl halides is 5. The third-order valence-electron chi connectivity index (χ3n) is 2.38. The molecule has 0 aliphatic carbocycles. The molecule has 0 fully saturated rings. The van der Waals surface area contributed by atoms with Gasteiger partial charge in [0.25, 0.3) is 5.55 Å². The van der Waals surface area contributed by atoms with E-state index in [9.17, 15) is 22.0 Å². The minimum atomic E-state index is -4.46. The number of halogens is 7. The second-order valence-electron chi connectivity index (χ2n) is 3.86. The van der Waals surface area contributed by atoms with Crippen LogP contribution in [0.2, 0.25) is 6.55 Å². The molecule has 0 bridgehead atoms. The Hall–Kier alpha value is -0.333. The quantitative estimate of drug-likeness (QED) is 0.422. The van der Waals surface area contributed by atoms with Gasteiger partial charge < -0.3 is 0 Å². The van der Waals surface area contributed by atoms with Crippen LogP contribution < -0.4 is 0 Å². The molecule has 0 aliphatic heterocycles. The van der Waals surface area contributed by atoms with Crippen molar-refractivity contribution in [3.63, 3.8) is 0 Å². The van der Waals surface area contributed by atoms with Gasteiger partial charge in [-0.05, 0) is 6.55 Å².